The maximum absolute atomic E-state index is 12.7. The van der Waals surface area contributed by atoms with Gasteiger partial charge in [0.15, 0.2) is 0 Å². The fourth-order valence-electron chi connectivity index (χ4n) is 2.08. The number of nitrogens with one attached hydrogen (secondary N) is 1. The maximum atomic E-state index is 12.7. The average Bonchev–Trinajstić information content (AvgIpc) is 2.60. The second kappa shape index (κ2) is 7.26. The molecule has 0 aromatic heterocycles. The first kappa shape index (κ1) is 18.3. The number of sulfonamides is 1. The number of non-ortho nitro benzene ring substituents is 1. The van der Waals surface area contributed by atoms with Crippen LogP contribution in [0.3, 0.4) is 0 Å². The SMILES string of the molecule is COc1ccc(OC)c(NS(=O)(=O)c2cc([N+](=O)[O-])ccc2OC)c1. The number of ether oxygens (including phenoxy) is 3. The van der Waals surface area contributed by atoms with E-state index in [1.165, 1.54) is 39.5 Å². The summed E-state index contributed by atoms with van der Waals surface area (Å²) in [6.07, 6.45) is 0. The molecule has 0 bridgehead atoms. The fourth-order valence-corrected chi connectivity index (χ4v) is 3.33. The van der Waals surface area contributed by atoms with E-state index in [0.717, 1.165) is 12.1 Å². The van der Waals surface area contributed by atoms with Gasteiger partial charge in [-0.05, 0) is 18.2 Å². The molecule has 2 rings (SSSR count). The summed E-state index contributed by atoms with van der Waals surface area (Å²) < 4.78 is 43.0. The van der Waals surface area contributed by atoms with Crippen LogP contribution < -0.4 is 18.9 Å². The molecule has 0 saturated heterocycles. The van der Waals surface area contributed by atoms with E-state index in [4.69, 9.17) is 14.2 Å². The molecule has 0 amide bonds. The van der Waals surface area contributed by atoms with Gasteiger partial charge in [-0.3, -0.25) is 14.8 Å². The van der Waals surface area contributed by atoms with Gasteiger partial charge in [-0.1, -0.05) is 0 Å². The van der Waals surface area contributed by atoms with Crippen LogP contribution in [0, 0.1) is 10.1 Å². The number of nitro benzene ring substituents is 1. The van der Waals surface area contributed by atoms with Crippen LogP contribution >= 0.6 is 0 Å². The summed E-state index contributed by atoms with van der Waals surface area (Å²) in [4.78, 5) is 9.88. The lowest BCUT2D eigenvalue weighted by Gasteiger charge is -2.14. The van der Waals surface area contributed by atoms with Crippen molar-refractivity contribution in [1.29, 1.82) is 0 Å². The van der Waals surface area contributed by atoms with Crippen molar-refractivity contribution in [3.8, 4) is 17.2 Å². The number of methoxy groups -OCH3 is 3. The largest absolute Gasteiger partial charge is 0.497 e. The van der Waals surface area contributed by atoms with Crippen LogP contribution in [0.5, 0.6) is 17.2 Å². The van der Waals surface area contributed by atoms with Crippen LogP contribution in [-0.2, 0) is 10.0 Å². The Labute approximate surface area is 144 Å². The van der Waals surface area contributed by atoms with Gasteiger partial charge in [-0.15, -0.1) is 0 Å². The third-order valence-electron chi connectivity index (χ3n) is 3.30. The first-order valence-electron chi connectivity index (χ1n) is 6.89. The molecule has 0 atom stereocenters. The van der Waals surface area contributed by atoms with Gasteiger partial charge in [0.05, 0.1) is 31.9 Å². The van der Waals surface area contributed by atoms with Crippen molar-refractivity contribution in [3.05, 3.63) is 46.5 Å². The Hall–Kier alpha value is -3.01. The lowest BCUT2D eigenvalue weighted by Crippen LogP contribution is -2.15. The number of hydrogen-bond acceptors (Lipinski definition) is 7. The molecule has 10 heteroatoms. The zero-order valence-electron chi connectivity index (χ0n) is 13.7. The normalized spacial score (nSPS) is 10.8. The van der Waals surface area contributed by atoms with Gasteiger partial charge in [0, 0.05) is 18.2 Å². The molecule has 2 aromatic carbocycles. The van der Waals surface area contributed by atoms with Gasteiger partial charge in [0.25, 0.3) is 15.7 Å². The van der Waals surface area contributed by atoms with Gasteiger partial charge in [-0.2, -0.15) is 0 Å². The number of benzene rings is 2. The lowest BCUT2D eigenvalue weighted by atomic mass is 10.3. The zero-order valence-corrected chi connectivity index (χ0v) is 14.5. The van der Waals surface area contributed by atoms with Crippen molar-refractivity contribution < 1.29 is 27.6 Å². The van der Waals surface area contributed by atoms with Gasteiger partial charge >= 0.3 is 0 Å². The first-order chi connectivity index (χ1) is 11.8. The second-order valence-corrected chi connectivity index (χ2v) is 6.41. The van der Waals surface area contributed by atoms with Crippen molar-refractivity contribution in [2.24, 2.45) is 0 Å². The van der Waals surface area contributed by atoms with Gasteiger partial charge in [0.2, 0.25) is 0 Å². The van der Waals surface area contributed by atoms with E-state index in [2.05, 4.69) is 4.72 Å². The molecule has 0 unspecified atom stereocenters. The Bertz CT molecular complexity index is 897. The number of anilines is 1. The molecule has 2 aromatic rings. The Morgan fingerprint density at radius 2 is 1.60 bits per heavy atom. The smallest absolute Gasteiger partial charge is 0.271 e. The van der Waals surface area contributed by atoms with Crippen LogP contribution in [0.2, 0.25) is 0 Å². The van der Waals surface area contributed by atoms with Crippen LogP contribution in [0.25, 0.3) is 0 Å². The molecule has 25 heavy (non-hydrogen) atoms. The highest BCUT2D eigenvalue weighted by Crippen LogP contribution is 2.34. The third kappa shape index (κ3) is 3.91. The summed E-state index contributed by atoms with van der Waals surface area (Å²) in [5, 5.41) is 10.9. The Morgan fingerprint density at radius 3 is 2.16 bits per heavy atom. The standard InChI is InChI=1S/C15H16N2O7S/c1-22-11-5-7-13(23-2)12(9-11)16-25(20,21)15-8-10(17(18)19)4-6-14(15)24-3/h4-9,16H,1-3H3. The summed E-state index contributed by atoms with van der Waals surface area (Å²) in [6, 6.07) is 7.86. The second-order valence-electron chi connectivity index (χ2n) is 4.76. The van der Waals surface area contributed by atoms with E-state index in [1.807, 2.05) is 0 Å². The zero-order chi connectivity index (χ0) is 18.6. The molecular formula is C15H16N2O7S. The predicted molar refractivity (Wildman–Crippen MR) is 90.0 cm³/mol. The van der Waals surface area contributed by atoms with E-state index in [0.29, 0.717) is 5.75 Å². The molecule has 134 valence electrons. The predicted octanol–water partition coefficient (Wildman–Crippen LogP) is 2.42. The highest BCUT2D eigenvalue weighted by molar-refractivity contribution is 7.92. The molecule has 0 heterocycles. The monoisotopic (exact) mass is 368 g/mol. The minimum Gasteiger partial charge on any atom is -0.497 e. The van der Waals surface area contributed by atoms with Crippen molar-refractivity contribution >= 4 is 21.4 Å². The molecule has 0 aliphatic rings. The van der Waals surface area contributed by atoms with E-state index in [9.17, 15) is 18.5 Å². The number of nitro groups is 1. The number of rotatable bonds is 7. The molecule has 0 saturated carbocycles. The van der Waals surface area contributed by atoms with Crippen molar-refractivity contribution in [3.63, 3.8) is 0 Å². The fraction of sp³-hybridized carbons (Fsp3) is 0.200. The molecule has 0 aliphatic carbocycles. The summed E-state index contributed by atoms with van der Waals surface area (Å²) in [6.45, 7) is 0. The highest BCUT2D eigenvalue weighted by atomic mass is 32.2. The van der Waals surface area contributed by atoms with Gasteiger partial charge in [-0.25, -0.2) is 8.42 Å². The Morgan fingerprint density at radius 1 is 0.960 bits per heavy atom. The molecular weight excluding hydrogens is 352 g/mol. The molecule has 0 fully saturated rings. The Balaban J connectivity index is 2.53. The van der Waals surface area contributed by atoms with Crippen molar-refractivity contribution in [1.82, 2.24) is 0 Å². The van der Waals surface area contributed by atoms with E-state index >= 15 is 0 Å². The number of hydrogen-bond donors (Lipinski definition) is 1. The molecule has 0 aliphatic heterocycles. The van der Waals surface area contributed by atoms with Crippen LogP contribution in [0.1, 0.15) is 0 Å². The van der Waals surface area contributed by atoms with Crippen molar-refractivity contribution in [2.45, 2.75) is 4.90 Å². The minimum atomic E-state index is -4.18. The summed E-state index contributed by atoms with van der Waals surface area (Å²) in [5.74, 6) is 0.637. The topological polar surface area (TPSA) is 117 Å². The molecule has 1 N–H and O–H groups in total. The van der Waals surface area contributed by atoms with E-state index in [1.54, 1.807) is 6.07 Å². The van der Waals surface area contributed by atoms with Crippen LogP contribution in [0.15, 0.2) is 41.3 Å². The van der Waals surface area contributed by atoms with Crippen molar-refractivity contribution in [2.75, 3.05) is 26.1 Å². The molecule has 0 radical (unpaired) electrons. The highest BCUT2D eigenvalue weighted by Gasteiger charge is 2.24. The van der Waals surface area contributed by atoms with Crippen LogP contribution in [-0.4, -0.2) is 34.7 Å². The Kier molecular flexibility index (Phi) is 5.32. The number of nitrogens with zero attached hydrogens (tertiary/aromatic N) is 1. The molecule has 0 spiro atoms. The van der Waals surface area contributed by atoms with E-state index < -0.39 is 14.9 Å². The van der Waals surface area contributed by atoms with Gasteiger partial charge in [0.1, 0.15) is 22.1 Å². The average molecular weight is 368 g/mol. The summed E-state index contributed by atoms with van der Waals surface area (Å²) in [5.41, 5.74) is -0.255. The summed E-state index contributed by atoms with van der Waals surface area (Å²) >= 11 is 0. The van der Waals surface area contributed by atoms with Crippen LogP contribution in [0.4, 0.5) is 11.4 Å². The van der Waals surface area contributed by atoms with E-state index in [-0.39, 0.29) is 27.8 Å². The third-order valence-corrected chi connectivity index (χ3v) is 4.69. The molecule has 9 nitrogen and oxygen atoms in total. The summed E-state index contributed by atoms with van der Waals surface area (Å²) in [7, 11) is -0.0978. The minimum absolute atomic E-state index is 0.0278. The lowest BCUT2D eigenvalue weighted by molar-refractivity contribution is -0.385. The maximum Gasteiger partial charge on any atom is 0.271 e. The first-order valence-corrected chi connectivity index (χ1v) is 8.38. The quantitative estimate of drug-likeness (QED) is 0.589. The van der Waals surface area contributed by atoms with Gasteiger partial charge < -0.3 is 14.2 Å².